The summed E-state index contributed by atoms with van der Waals surface area (Å²) < 4.78 is 13.5. The number of halogens is 1. The van der Waals surface area contributed by atoms with Gasteiger partial charge in [0.1, 0.15) is 5.82 Å². The van der Waals surface area contributed by atoms with E-state index in [1.54, 1.807) is 0 Å². The molecule has 1 aromatic carbocycles. The van der Waals surface area contributed by atoms with Crippen molar-refractivity contribution in [3.63, 3.8) is 0 Å². The first kappa shape index (κ1) is 14.6. The first-order chi connectivity index (χ1) is 8.54. The lowest BCUT2D eigenvalue weighted by Crippen LogP contribution is -2.26. The van der Waals surface area contributed by atoms with Crippen molar-refractivity contribution in [2.75, 3.05) is 6.61 Å². The van der Waals surface area contributed by atoms with Gasteiger partial charge in [0, 0.05) is 24.8 Å². The minimum Gasteiger partial charge on any atom is -0.478 e. The van der Waals surface area contributed by atoms with Crippen LogP contribution in [0.15, 0.2) is 18.2 Å². The first-order valence-electron chi connectivity index (χ1n) is 5.90. The van der Waals surface area contributed by atoms with Crippen LogP contribution >= 0.6 is 0 Å². The molecule has 5 heteroatoms. The zero-order valence-corrected chi connectivity index (χ0v) is 10.3. The number of benzene rings is 1. The number of carboxylic acids is 1. The summed E-state index contributed by atoms with van der Waals surface area (Å²) in [6.45, 7) is 2.35. The van der Waals surface area contributed by atoms with Gasteiger partial charge >= 0.3 is 5.97 Å². The van der Waals surface area contributed by atoms with Crippen LogP contribution in [0.5, 0.6) is 0 Å². The van der Waals surface area contributed by atoms with Gasteiger partial charge in [-0.25, -0.2) is 9.18 Å². The lowest BCUT2D eigenvalue weighted by atomic mass is 10.1. The SMILES string of the molecule is CC(CCCO)NCc1cc(C(=O)O)ccc1F. The van der Waals surface area contributed by atoms with Gasteiger partial charge in [0.25, 0.3) is 0 Å². The summed E-state index contributed by atoms with van der Waals surface area (Å²) in [5.41, 5.74) is 0.418. The van der Waals surface area contributed by atoms with Gasteiger partial charge in [-0.15, -0.1) is 0 Å². The molecule has 18 heavy (non-hydrogen) atoms. The lowest BCUT2D eigenvalue weighted by Gasteiger charge is -2.13. The Morgan fingerprint density at radius 3 is 2.83 bits per heavy atom. The highest BCUT2D eigenvalue weighted by atomic mass is 19.1. The van der Waals surface area contributed by atoms with Crippen molar-refractivity contribution in [3.05, 3.63) is 35.1 Å². The van der Waals surface area contributed by atoms with E-state index in [0.29, 0.717) is 12.0 Å². The van der Waals surface area contributed by atoms with Crippen molar-refractivity contribution in [1.82, 2.24) is 5.32 Å². The number of carbonyl (C=O) groups is 1. The second-order valence-corrected chi connectivity index (χ2v) is 4.26. The fraction of sp³-hybridized carbons (Fsp3) is 0.462. The summed E-state index contributed by atoms with van der Waals surface area (Å²) in [6.07, 6.45) is 1.47. The zero-order valence-electron chi connectivity index (χ0n) is 10.3. The maximum Gasteiger partial charge on any atom is 0.335 e. The van der Waals surface area contributed by atoms with Crippen molar-refractivity contribution in [3.8, 4) is 0 Å². The summed E-state index contributed by atoms with van der Waals surface area (Å²) in [5.74, 6) is -1.48. The number of nitrogens with one attached hydrogen (secondary N) is 1. The Balaban J connectivity index is 2.60. The molecule has 0 bridgehead atoms. The molecule has 1 atom stereocenters. The molecule has 0 radical (unpaired) electrons. The summed E-state index contributed by atoms with van der Waals surface area (Å²) in [5, 5.41) is 20.6. The van der Waals surface area contributed by atoms with Crippen LogP contribution in [0, 0.1) is 5.82 Å². The standard InChI is InChI=1S/C13H18FNO3/c1-9(3-2-6-16)15-8-11-7-10(13(17)18)4-5-12(11)14/h4-5,7,9,15-16H,2-3,6,8H2,1H3,(H,17,18). The predicted molar refractivity (Wildman–Crippen MR) is 66.0 cm³/mol. The zero-order chi connectivity index (χ0) is 13.5. The van der Waals surface area contributed by atoms with Crippen molar-refractivity contribution in [1.29, 1.82) is 0 Å². The Kier molecular flexibility index (Phi) is 5.74. The molecule has 0 fully saturated rings. The molecule has 0 saturated heterocycles. The molecule has 4 nitrogen and oxygen atoms in total. The monoisotopic (exact) mass is 255 g/mol. The molecule has 0 heterocycles. The highest BCUT2D eigenvalue weighted by molar-refractivity contribution is 5.87. The van der Waals surface area contributed by atoms with E-state index in [0.717, 1.165) is 6.42 Å². The Bertz CT molecular complexity index is 409. The fourth-order valence-electron chi connectivity index (χ4n) is 1.63. The first-order valence-corrected chi connectivity index (χ1v) is 5.90. The topological polar surface area (TPSA) is 69.6 Å². The van der Waals surface area contributed by atoms with E-state index in [4.69, 9.17) is 10.2 Å². The smallest absolute Gasteiger partial charge is 0.335 e. The van der Waals surface area contributed by atoms with Crippen LogP contribution in [-0.4, -0.2) is 28.8 Å². The molecule has 1 aromatic rings. The number of hydrogen-bond donors (Lipinski definition) is 3. The van der Waals surface area contributed by atoms with E-state index in [-0.39, 0.29) is 24.8 Å². The van der Waals surface area contributed by atoms with E-state index in [2.05, 4.69) is 5.32 Å². The average Bonchev–Trinajstić information content (AvgIpc) is 2.35. The van der Waals surface area contributed by atoms with Crippen LogP contribution in [0.2, 0.25) is 0 Å². The molecule has 100 valence electrons. The molecule has 1 rings (SSSR count). The van der Waals surface area contributed by atoms with Gasteiger partial charge in [0.05, 0.1) is 5.56 Å². The van der Waals surface area contributed by atoms with Gasteiger partial charge in [-0.1, -0.05) is 0 Å². The highest BCUT2D eigenvalue weighted by Gasteiger charge is 2.09. The van der Waals surface area contributed by atoms with Gasteiger partial charge in [-0.3, -0.25) is 0 Å². The quantitative estimate of drug-likeness (QED) is 0.694. The molecule has 0 aliphatic rings. The van der Waals surface area contributed by atoms with E-state index < -0.39 is 11.8 Å². The number of rotatable bonds is 7. The second kappa shape index (κ2) is 7.08. The molecule has 0 saturated carbocycles. The van der Waals surface area contributed by atoms with E-state index in [9.17, 15) is 9.18 Å². The Morgan fingerprint density at radius 1 is 1.50 bits per heavy atom. The van der Waals surface area contributed by atoms with E-state index in [1.165, 1.54) is 18.2 Å². The average molecular weight is 255 g/mol. The minimum absolute atomic E-state index is 0.0798. The maximum absolute atomic E-state index is 13.5. The fourth-order valence-corrected chi connectivity index (χ4v) is 1.63. The van der Waals surface area contributed by atoms with Gasteiger partial charge in [-0.2, -0.15) is 0 Å². The van der Waals surface area contributed by atoms with Crippen LogP contribution in [0.1, 0.15) is 35.7 Å². The molecule has 3 N–H and O–H groups in total. The van der Waals surface area contributed by atoms with Crippen LogP contribution < -0.4 is 5.32 Å². The number of aliphatic hydroxyl groups is 1. The second-order valence-electron chi connectivity index (χ2n) is 4.26. The summed E-state index contributed by atoms with van der Waals surface area (Å²) in [7, 11) is 0. The summed E-state index contributed by atoms with van der Waals surface area (Å²) >= 11 is 0. The number of hydrogen-bond acceptors (Lipinski definition) is 3. The highest BCUT2D eigenvalue weighted by Crippen LogP contribution is 2.11. The summed E-state index contributed by atoms with van der Waals surface area (Å²) in [4.78, 5) is 10.8. The molecular weight excluding hydrogens is 237 g/mol. The number of aliphatic hydroxyl groups excluding tert-OH is 1. The van der Waals surface area contributed by atoms with Crippen LogP contribution in [-0.2, 0) is 6.54 Å². The molecule has 0 amide bonds. The Labute approximate surface area is 105 Å². The van der Waals surface area contributed by atoms with E-state index >= 15 is 0 Å². The van der Waals surface area contributed by atoms with Gasteiger partial charge in [0.2, 0.25) is 0 Å². The van der Waals surface area contributed by atoms with Crippen molar-refractivity contribution >= 4 is 5.97 Å². The predicted octanol–water partition coefficient (Wildman–Crippen LogP) is 1.77. The lowest BCUT2D eigenvalue weighted by molar-refractivity contribution is 0.0696. The normalized spacial score (nSPS) is 12.4. The van der Waals surface area contributed by atoms with Gasteiger partial charge < -0.3 is 15.5 Å². The van der Waals surface area contributed by atoms with Gasteiger partial charge in [-0.05, 0) is 38.0 Å². The molecule has 1 unspecified atom stereocenters. The molecule has 0 aliphatic heterocycles. The molecule has 0 spiro atoms. The molecule has 0 aromatic heterocycles. The van der Waals surface area contributed by atoms with Crippen molar-refractivity contribution in [2.45, 2.75) is 32.4 Å². The van der Waals surface area contributed by atoms with E-state index in [1.807, 2.05) is 6.92 Å². The summed E-state index contributed by atoms with van der Waals surface area (Å²) in [6, 6.07) is 3.89. The third-order valence-electron chi connectivity index (χ3n) is 2.73. The number of aromatic carboxylic acids is 1. The third kappa shape index (κ3) is 4.43. The van der Waals surface area contributed by atoms with Crippen LogP contribution in [0.4, 0.5) is 4.39 Å². The number of carboxylic acid groups (broad SMARTS) is 1. The third-order valence-corrected chi connectivity index (χ3v) is 2.73. The Hall–Kier alpha value is -1.46. The van der Waals surface area contributed by atoms with Crippen LogP contribution in [0.25, 0.3) is 0 Å². The Morgan fingerprint density at radius 2 is 2.22 bits per heavy atom. The molecular formula is C13H18FNO3. The van der Waals surface area contributed by atoms with Gasteiger partial charge in [0.15, 0.2) is 0 Å². The van der Waals surface area contributed by atoms with Crippen molar-refractivity contribution < 1.29 is 19.4 Å². The van der Waals surface area contributed by atoms with Crippen molar-refractivity contribution in [2.24, 2.45) is 0 Å². The largest absolute Gasteiger partial charge is 0.478 e. The van der Waals surface area contributed by atoms with Crippen LogP contribution in [0.3, 0.4) is 0 Å². The molecule has 0 aliphatic carbocycles. The minimum atomic E-state index is -1.07. The maximum atomic E-state index is 13.5.